The van der Waals surface area contributed by atoms with Gasteiger partial charge in [-0.1, -0.05) is 66.7 Å². The first-order valence-corrected chi connectivity index (χ1v) is 9.20. The molecule has 134 valence electrons. The average Bonchev–Trinajstić information content (AvgIpc) is 3.08. The molecule has 0 fully saturated rings. The second-order valence-electron chi connectivity index (χ2n) is 6.88. The number of aryl methyl sites for hydroxylation is 1. The van der Waals surface area contributed by atoms with Crippen LogP contribution >= 0.6 is 0 Å². The number of nitrogens with zero attached hydrogens (tertiary/aromatic N) is 1. The van der Waals surface area contributed by atoms with Crippen molar-refractivity contribution in [3.63, 3.8) is 0 Å². The minimum absolute atomic E-state index is 0.319. The zero-order valence-corrected chi connectivity index (χ0v) is 15.3. The molecular formula is C25H17NO2. The third kappa shape index (κ3) is 2.69. The summed E-state index contributed by atoms with van der Waals surface area (Å²) in [7, 11) is 0. The number of fused-ring (bicyclic) bond motifs is 2. The van der Waals surface area contributed by atoms with Crippen LogP contribution in [0.25, 0.3) is 27.6 Å². The van der Waals surface area contributed by atoms with E-state index in [2.05, 4.69) is 35.3 Å². The van der Waals surface area contributed by atoms with Gasteiger partial charge in [0.05, 0.1) is 0 Å². The van der Waals surface area contributed by atoms with Gasteiger partial charge in [0.25, 0.3) is 0 Å². The molecule has 0 atom stereocenters. The van der Waals surface area contributed by atoms with Crippen LogP contribution in [0.15, 0.2) is 89.6 Å². The fraction of sp³-hybridized carbons (Fsp3) is 0.0400. The summed E-state index contributed by atoms with van der Waals surface area (Å²) in [6, 6.07) is 26.3. The van der Waals surface area contributed by atoms with E-state index in [1.807, 2.05) is 61.5 Å². The lowest BCUT2D eigenvalue weighted by atomic mass is 9.96. The second kappa shape index (κ2) is 6.46. The van der Waals surface area contributed by atoms with E-state index in [-0.39, 0.29) is 0 Å². The van der Waals surface area contributed by atoms with Crippen LogP contribution in [0.1, 0.15) is 16.7 Å². The first-order valence-electron chi connectivity index (χ1n) is 9.20. The number of esters is 1. The van der Waals surface area contributed by atoms with E-state index in [0.29, 0.717) is 11.6 Å². The summed E-state index contributed by atoms with van der Waals surface area (Å²) >= 11 is 0. The monoisotopic (exact) mass is 363 g/mol. The number of ether oxygens (including phenoxy) is 1. The third-order valence-corrected chi connectivity index (χ3v) is 5.09. The molecule has 1 heterocycles. The van der Waals surface area contributed by atoms with E-state index in [0.717, 1.165) is 38.2 Å². The lowest BCUT2D eigenvalue weighted by Gasteiger charge is -2.08. The predicted molar refractivity (Wildman–Crippen MR) is 113 cm³/mol. The van der Waals surface area contributed by atoms with Crippen LogP contribution in [0.2, 0.25) is 0 Å². The van der Waals surface area contributed by atoms with Crippen molar-refractivity contribution in [2.24, 2.45) is 4.99 Å². The Labute approximate surface area is 162 Å². The summed E-state index contributed by atoms with van der Waals surface area (Å²) in [4.78, 5) is 17.1. The van der Waals surface area contributed by atoms with Crippen LogP contribution < -0.4 is 0 Å². The number of hydrogen-bond acceptors (Lipinski definition) is 3. The highest BCUT2D eigenvalue weighted by atomic mass is 16.6. The van der Waals surface area contributed by atoms with E-state index in [1.165, 1.54) is 0 Å². The molecule has 4 aromatic rings. The first kappa shape index (κ1) is 16.5. The molecule has 4 aromatic carbocycles. The van der Waals surface area contributed by atoms with Crippen LogP contribution in [0, 0.1) is 6.92 Å². The second-order valence-corrected chi connectivity index (χ2v) is 6.88. The molecule has 0 aromatic heterocycles. The Balaban J connectivity index is 1.73. The number of rotatable bonds is 2. The Bertz CT molecular complexity index is 1260. The normalized spacial score (nSPS) is 15.2. The van der Waals surface area contributed by atoms with E-state index >= 15 is 0 Å². The van der Waals surface area contributed by atoms with E-state index in [1.54, 1.807) is 0 Å². The van der Waals surface area contributed by atoms with Crippen LogP contribution in [-0.4, -0.2) is 11.9 Å². The summed E-state index contributed by atoms with van der Waals surface area (Å²) in [6.45, 7) is 1.98. The molecule has 0 bridgehead atoms. The highest BCUT2D eigenvalue weighted by Crippen LogP contribution is 2.31. The van der Waals surface area contributed by atoms with Crippen LogP contribution in [0.3, 0.4) is 0 Å². The summed E-state index contributed by atoms with van der Waals surface area (Å²) in [5.74, 6) is -0.0610. The van der Waals surface area contributed by atoms with Crippen molar-refractivity contribution >= 4 is 39.5 Å². The van der Waals surface area contributed by atoms with Gasteiger partial charge in [-0.2, -0.15) is 0 Å². The molecule has 28 heavy (non-hydrogen) atoms. The maximum absolute atomic E-state index is 12.5. The molecule has 0 unspecified atom stereocenters. The molecule has 0 N–H and O–H groups in total. The van der Waals surface area contributed by atoms with Gasteiger partial charge in [-0.15, -0.1) is 0 Å². The number of carbonyl (C=O) groups excluding carboxylic acids is 1. The molecule has 1 aliphatic heterocycles. The number of cyclic esters (lactones) is 1. The van der Waals surface area contributed by atoms with Gasteiger partial charge in [0.2, 0.25) is 5.90 Å². The van der Waals surface area contributed by atoms with Gasteiger partial charge in [0.1, 0.15) is 0 Å². The smallest absolute Gasteiger partial charge is 0.363 e. The fourth-order valence-corrected chi connectivity index (χ4v) is 3.68. The maximum Gasteiger partial charge on any atom is 0.363 e. The van der Waals surface area contributed by atoms with Crippen molar-refractivity contribution in [2.75, 3.05) is 0 Å². The molecule has 0 amide bonds. The molecule has 0 saturated heterocycles. The maximum atomic E-state index is 12.5. The fourth-order valence-electron chi connectivity index (χ4n) is 3.68. The zero-order valence-electron chi connectivity index (χ0n) is 15.3. The van der Waals surface area contributed by atoms with Gasteiger partial charge in [-0.3, -0.25) is 0 Å². The Hall–Kier alpha value is -3.72. The Morgan fingerprint density at radius 3 is 2.11 bits per heavy atom. The van der Waals surface area contributed by atoms with Gasteiger partial charge >= 0.3 is 5.97 Å². The topological polar surface area (TPSA) is 38.7 Å². The summed E-state index contributed by atoms with van der Waals surface area (Å²) < 4.78 is 5.48. The first-order chi connectivity index (χ1) is 13.7. The van der Waals surface area contributed by atoms with Crippen LogP contribution in [0.5, 0.6) is 0 Å². The molecule has 0 radical (unpaired) electrons. The Kier molecular flexibility index (Phi) is 3.80. The lowest BCUT2D eigenvalue weighted by molar-refractivity contribution is -0.129. The van der Waals surface area contributed by atoms with E-state index < -0.39 is 5.97 Å². The van der Waals surface area contributed by atoms with Crippen molar-refractivity contribution in [1.29, 1.82) is 0 Å². The highest BCUT2D eigenvalue weighted by Gasteiger charge is 2.25. The molecular weight excluding hydrogens is 346 g/mol. The van der Waals surface area contributed by atoms with Crippen molar-refractivity contribution in [3.05, 3.63) is 101 Å². The van der Waals surface area contributed by atoms with Gasteiger partial charge in [0, 0.05) is 5.56 Å². The number of aliphatic imine (C=N–C) groups is 1. The Morgan fingerprint density at radius 1 is 0.821 bits per heavy atom. The summed E-state index contributed by atoms with van der Waals surface area (Å²) in [5.41, 5.74) is 3.16. The number of benzene rings is 4. The average molecular weight is 363 g/mol. The number of carbonyl (C=O) groups is 1. The van der Waals surface area contributed by atoms with Gasteiger partial charge in [-0.25, -0.2) is 9.79 Å². The molecule has 5 rings (SSSR count). The number of hydrogen-bond donors (Lipinski definition) is 0. The quantitative estimate of drug-likeness (QED) is 0.262. The third-order valence-electron chi connectivity index (χ3n) is 5.09. The van der Waals surface area contributed by atoms with Crippen molar-refractivity contribution in [1.82, 2.24) is 0 Å². The van der Waals surface area contributed by atoms with Crippen LogP contribution in [0.4, 0.5) is 0 Å². The minimum Gasteiger partial charge on any atom is -0.402 e. The van der Waals surface area contributed by atoms with Crippen molar-refractivity contribution in [3.8, 4) is 0 Å². The summed E-state index contributed by atoms with van der Waals surface area (Å²) in [6.07, 6.45) is 1.85. The molecule has 3 heteroatoms. The zero-order chi connectivity index (χ0) is 19.1. The van der Waals surface area contributed by atoms with Gasteiger partial charge < -0.3 is 4.74 Å². The SMILES string of the molecule is Cc1ccccc1C1=N/C(=C\c2c3ccccc3cc3ccccc23)C(=O)O1. The largest absolute Gasteiger partial charge is 0.402 e. The Morgan fingerprint density at radius 2 is 1.43 bits per heavy atom. The van der Waals surface area contributed by atoms with E-state index in [9.17, 15) is 4.79 Å². The molecule has 0 aliphatic carbocycles. The van der Waals surface area contributed by atoms with Crippen LogP contribution in [-0.2, 0) is 9.53 Å². The van der Waals surface area contributed by atoms with Crippen molar-refractivity contribution < 1.29 is 9.53 Å². The molecule has 1 aliphatic rings. The molecule has 3 nitrogen and oxygen atoms in total. The summed E-state index contributed by atoms with van der Waals surface area (Å²) in [5, 5.41) is 4.42. The standard InChI is InChI=1S/C25H17NO2/c1-16-8-2-5-11-19(16)24-26-23(25(27)28-24)15-22-20-12-6-3-9-17(20)14-18-10-4-7-13-21(18)22/h2-15H,1H3/b23-15-. The highest BCUT2D eigenvalue weighted by molar-refractivity contribution is 6.15. The molecule has 0 spiro atoms. The van der Waals surface area contributed by atoms with Gasteiger partial charge in [0.15, 0.2) is 5.70 Å². The minimum atomic E-state index is -0.421. The molecule has 0 saturated carbocycles. The predicted octanol–water partition coefficient (Wildman–Crippen LogP) is 5.65. The van der Waals surface area contributed by atoms with Crippen molar-refractivity contribution in [2.45, 2.75) is 6.92 Å². The van der Waals surface area contributed by atoms with Gasteiger partial charge in [-0.05, 0) is 57.8 Å². The van der Waals surface area contributed by atoms with E-state index in [4.69, 9.17) is 4.74 Å². The lowest BCUT2D eigenvalue weighted by Crippen LogP contribution is -2.06.